The van der Waals surface area contributed by atoms with Crippen LogP contribution in [0.4, 0.5) is 5.13 Å². The topological polar surface area (TPSA) is 28.2 Å². The van der Waals surface area contributed by atoms with Crippen molar-refractivity contribution >= 4 is 27.8 Å². The lowest BCUT2D eigenvalue weighted by Crippen LogP contribution is -2.15. The zero-order valence-electron chi connectivity index (χ0n) is 12.5. The SMILES string of the molecule is CCCNCc1sc(N(C)Cc2ccsc2)nc1CC. The van der Waals surface area contributed by atoms with Crippen LogP contribution in [0.1, 0.15) is 36.4 Å². The average molecular weight is 310 g/mol. The van der Waals surface area contributed by atoms with Gasteiger partial charge in [-0.15, -0.1) is 11.3 Å². The van der Waals surface area contributed by atoms with Gasteiger partial charge in [0.15, 0.2) is 5.13 Å². The smallest absolute Gasteiger partial charge is 0.185 e. The molecule has 2 heterocycles. The largest absolute Gasteiger partial charge is 0.347 e. The van der Waals surface area contributed by atoms with Crippen LogP contribution in [0.3, 0.4) is 0 Å². The standard InChI is InChI=1S/C15H23N3S2/c1-4-7-16-9-14-13(5-2)17-15(20-14)18(3)10-12-6-8-19-11-12/h6,8,11,16H,4-5,7,9-10H2,1-3H3. The summed E-state index contributed by atoms with van der Waals surface area (Å²) in [5.74, 6) is 0. The predicted molar refractivity (Wildman–Crippen MR) is 89.9 cm³/mol. The second-order valence-electron chi connectivity index (χ2n) is 4.88. The highest BCUT2D eigenvalue weighted by Gasteiger charge is 2.13. The van der Waals surface area contributed by atoms with Gasteiger partial charge in [0.05, 0.1) is 5.69 Å². The molecule has 1 N–H and O–H groups in total. The lowest BCUT2D eigenvalue weighted by molar-refractivity contribution is 0.676. The van der Waals surface area contributed by atoms with E-state index >= 15 is 0 Å². The maximum absolute atomic E-state index is 4.80. The van der Waals surface area contributed by atoms with E-state index in [0.717, 1.165) is 31.2 Å². The minimum Gasteiger partial charge on any atom is -0.347 e. The van der Waals surface area contributed by atoms with E-state index in [2.05, 4.69) is 47.9 Å². The molecule has 0 aliphatic rings. The van der Waals surface area contributed by atoms with Crippen molar-refractivity contribution in [1.82, 2.24) is 10.3 Å². The Morgan fingerprint density at radius 1 is 1.35 bits per heavy atom. The summed E-state index contributed by atoms with van der Waals surface area (Å²) in [4.78, 5) is 8.42. The first-order valence-corrected chi connectivity index (χ1v) is 8.92. The maximum atomic E-state index is 4.80. The number of nitrogens with one attached hydrogen (secondary N) is 1. The molecule has 0 aromatic carbocycles. The van der Waals surface area contributed by atoms with E-state index in [0.29, 0.717) is 0 Å². The fourth-order valence-electron chi connectivity index (χ4n) is 2.05. The average Bonchev–Trinajstić information content (AvgIpc) is 3.08. The van der Waals surface area contributed by atoms with Crippen molar-refractivity contribution in [2.24, 2.45) is 0 Å². The number of hydrogen-bond acceptors (Lipinski definition) is 5. The summed E-state index contributed by atoms with van der Waals surface area (Å²) in [6, 6.07) is 2.18. The lowest BCUT2D eigenvalue weighted by Gasteiger charge is -2.14. The highest BCUT2D eigenvalue weighted by molar-refractivity contribution is 7.15. The molecule has 20 heavy (non-hydrogen) atoms. The van der Waals surface area contributed by atoms with E-state index in [1.54, 1.807) is 11.3 Å². The Morgan fingerprint density at radius 3 is 2.85 bits per heavy atom. The van der Waals surface area contributed by atoms with Gasteiger partial charge in [0.1, 0.15) is 0 Å². The van der Waals surface area contributed by atoms with Crippen molar-refractivity contribution in [2.75, 3.05) is 18.5 Å². The summed E-state index contributed by atoms with van der Waals surface area (Å²) in [5.41, 5.74) is 2.60. The summed E-state index contributed by atoms with van der Waals surface area (Å²) >= 11 is 3.57. The van der Waals surface area contributed by atoms with Crippen molar-refractivity contribution < 1.29 is 0 Å². The summed E-state index contributed by atoms with van der Waals surface area (Å²) < 4.78 is 0. The van der Waals surface area contributed by atoms with Gasteiger partial charge in [-0.1, -0.05) is 13.8 Å². The van der Waals surface area contributed by atoms with E-state index in [4.69, 9.17) is 4.98 Å². The van der Waals surface area contributed by atoms with Crippen LogP contribution in [0.2, 0.25) is 0 Å². The van der Waals surface area contributed by atoms with Crippen molar-refractivity contribution in [2.45, 2.75) is 39.8 Å². The summed E-state index contributed by atoms with van der Waals surface area (Å²) in [5, 5.41) is 8.93. The van der Waals surface area contributed by atoms with Gasteiger partial charge in [-0.25, -0.2) is 4.98 Å². The first-order chi connectivity index (χ1) is 9.74. The number of rotatable bonds is 8. The minimum absolute atomic E-state index is 0.933. The third kappa shape index (κ3) is 4.04. The first-order valence-electron chi connectivity index (χ1n) is 7.16. The molecule has 0 bridgehead atoms. The third-order valence-electron chi connectivity index (χ3n) is 3.14. The molecule has 5 heteroatoms. The molecule has 0 amide bonds. The van der Waals surface area contributed by atoms with Gasteiger partial charge in [-0.05, 0) is 41.8 Å². The number of aryl methyl sites for hydroxylation is 1. The third-order valence-corrected chi connectivity index (χ3v) is 5.08. The molecular formula is C15H23N3S2. The van der Waals surface area contributed by atoms with Crippen LogP contribution in [-0.4, -0.2) is 18.6 Å². The van der Waals surface area contributed by atoms with Crippen LogP contribution in [0.15, 0.2) is 16.8 Å². The van der Waals surface area contributed by atoms with E-state index in [1.165, 1.54) is 22.6 Å². The fourth-order valence-corrected chi connectivity index (χ4v) is 3.79. The Bertz CT molecular complexity index is 505. The van der Waals surface area contributed by atoms with Crippen LogP contribution in [0.25, 0.3) is 0 Å². The Kier molecular flexibility index (Phi) is 6.01. The number of hydrogen-bond donors (Lipinski definition) is 1. The van der Waals surface area contributed by atoms with Crippen LogP contribution >= 0.6 is 22.7 Å². The quantitative estimate of drug-likeness (QED) is 0.750. The summed E-state index contributed by atoms with van der Waals surface area (Å²) in [7, 11) is 2.12. The van der Waals surface area contributed by atoms with E-state index in [-0.39, 0.29) is 0 Å². The van der Waals surface area contributed by atoms with Gasteiger partial charge in [-0.3, -0.25) is 0 Å². The lowest BCUT2D eigenvalue weighted by atomic mass is 10.3. The van der Waals surface area contributed by atoms with Gasteiger partial charge < -0.3 is 10.2 Å². The highest BCUT2D eigenvalue weighted by Crippen LogP contribution is 2.27. The van der Waals surface area contributed by atoms with Gasteiger partial charge in [-0.2, -0.15) is 11.3 Å². The van der Waals surface area contributed by atoms with Crippen molar-refractivity contribution in [3.05, 3.63) is 33.0 Å². The van der Waals surface area contributed by atoms with Crippen LogP contribution < -0.4 is 10.2 Å². The molecule has 0 aliphatic heterocycles. The Morgan fingerprint density at radius 2 is 2.20 bits per heavy atom. The molecule has 0 saturated heterocycles. The van der Waals surface area contributed by atoms with Gasteiger partial charge >= 0.3 is 0 Å². The Hall–Kier alpha value is -0.910. The highest BCUT2D eigenvalue weighted by atomic mass is 32.1. The van der Waals surface area contributed by atoms with Crippen molar-refractivity contribution in [3.8, 4) is 0 Å². The minimum atomic E-state index is 0.933. The first kappa shape index (κ1) is 15.5. The molecule has 2 rings (SSSR count). The number of nitrogens with zero attached hydrogens (tertiary/aromatic N) is 2. The number of thiazole rings is 1. The predicted octanol–water partition coefficient (Wildman–Crippen LogP) is 3.90. The second kappa shape index (κ2) is 7.76. The molecule has 0 spiro atoms. The number of anilines is 1. The van der Waals surface area contributed by atoms with Crippen molar-refractivity contribution in [3.63, 3.8) is 0 Å². The monoisotopic (exact) mass is 309 g/mol. The van der Waals surface area contributed by atoms with Crippen molar-refractivity contribution in [1.29, 1.82) is 0 Å². The van der Waals surface area contributed by atoms with Gasteiger partial charge in [0, 0.05) is 25.0 Å². The van der Waals surface area contributed by atoms with Crippen LogP contribution in [-0.2, 0) is 19.5 Å². The zero-order chi connectivity index (χ0) is 14.4. The second-order valence-corrected chi connectivity index (χ2v) is 6.73. The van der Waals surface area contributed by atoms with E-state index < -0.39 is 0 Å². The van der Waals surface area contributed by atoms with Crippen LogP contribution in [0.5, 0.6) is 0 Å². The number of aromatic nitrogens is 1. The molecule has 0 unspecified atom stereocenters. The Balaban J connectivity index is 2.03. The molecule has 0 radical (unpaired) electrons. The maximum Gasteiger partial charge on any atom is 0.185 e. The molecule has 2 aromatic heterocycles. The molecule has 0 aliphatic carbocycles. The molecule has 2 aromatic rings. The van der Waals surface area contributed by atoms with E-state index in [9.17, 15) is 0 Å². The normalized spacial score (nSPS) is 10.9. The van der Waals surface area contributed by atoms with E-state index in [1.807, 2.05) is 11.3 Å². The summed E-state index contributed by atoms with van der Waals surface area (Å²) in [6.07, 6.45) is 2.18. The molecule has 0 fully saturated rings. The van der Waals surface area contributed by atoms with Gasteiger partial charge in [0.2, 0.25) is 0 Å². The Labute approximate surface area is 129 Å². The van der Waals surface area contributed by atoms with Gasteiger partial charge in [0.25, 0.3) is 0 Å². The summed E-state index contributed by atoms with van der Waals surface area (Å²) in [6.45, 7) is 7.32. The molecule has 0 saturated carbocycles. The molecule has 0 atom stereocenters. The van der Waals surface area contributed by atoms with Crippen LogP contribution in [0, 0.1) is 0 Å². The molecular weight excluding hydrogens is 286 g/mol. The fraction of sp³-hybridized carbons (Fsp3) is 0.533. The number of thiophene rings is 1. The molecule has 3 nitrogen and oxygen atoms in total. The zero-order valence-corrected chi connectivity index (χ0v) is 14.1. The molecule has 110 valence electrons.